The second kappa shape index (κ2) is 6.57. The lowest BCUT2D eigenvalue weighted by molar-refractivity contribution is -0.120. The van der Waals surface area contributed by atoms with Crippen molar-refractivity contribution < 1.29 is 23.1 Å². The van der Waals surface area contributed by atoms with Crippen molar-refractivity contribution in [1.29, 1.82) is 0 Å². The van der Waals surface area contributed by atoms with Gasteiger partial charge >= 0.3 is 5.97 Å². The molecule has 0 aliphatic rings. The Morgan fingerprint density at radius 2 is 1.81 bits per heavy atom. The van der Waals surface area contributed by atoms with Gasteiger partial charge in [-0.2, -0.15) is 0 Å². The third-order valence-corrected chi connectivity index (χ3v) is 5.34. The molecule has 1 amide bonds. The van der Waals surface area contributed by atoms with Crippen LogP contribution in [0.25, 0.3) is 0 Å². The lowest BCUT2D eigenvalue weighted by Gasteiger charge is -2.16. The monoisotopic (exact) mass is 377 g/mol. The zero-order valence-electron chi connectivity index (χ0n) is 11.8. The van der Waals surface area contributed by atoms with Crippen molar-refractivity contribution in [3.63, 3.8) is 0 Å². The van der Waals surface area contributed by atoms with E-state index in [0.29, 0.717) is 4.47 Å². The molecule has 0 aromatic heterocycles. The first-order chi connectivity index (χ1) is 9.57. The second-order valence-electron chi connectivity index (χ2n) is 4.80. The van der Waals surface area contributed by atoms with Gasteiger partial charge in [0.1, 0.15) is 5.25 Å². The molecule has 1 atom stereocenters. The molecule has 0 fully saturated rings. The van der Waals surface area contributed by atoms with E-state index in [1.54, 1.807) is 13.8 Å². The van der Waals surface area contributed by atoms with Crippen molar-refractivity contribution in [2.24, 2.45) is 0 Å². The Kier molecular flexibility index (Phi) is 5.52. The second-order valence-corrected chi connectivity index (χ2v) is 7.95. The Labute approximate surface area is 131 Å². The number of halogens is 1. The predicted octanol–water partition coefficient (Wildman–Crippen LogP) is 1.83. The van der Waals surface area contributed by atoms with Crippen LogP contribution >= 0.6 is 15.9 Å². The third-order valence-electron chi connectivity index (χ3n) is 2.75. The minimum absolute atomic E-state index is 0.211. The van der Waals surface area contributed by atoms with Gasteiger partial charge in [0.25, 0.3) is 0 Å². The molecule has 0 saturated carbocycles. The summed E-state index contributed by atoms with van der Waals surface area (Å²) in [5.41, 5.74) is -0.359. The molecule has 6 nitrogen and oxygen atoms in total. The van der Waals surface area contributed by atoms with Crippen LogP contribution in [0.3, 0.4) is 0 Å². The van der Waals surface area contributed by atoms with Gasteiger partial charge in [0, 0.05) is 10.5 Å². The van der Waals surface area contributed by atoms with Crippen molar-refractivity contribution in [3.8, 4) is 0 Å². The van der Waals surface area contributed by atoms with Gasteiger partial charge in [0.15, 0.2) is 9.84 Å². The largest absolute Gasteiger partial charge is 0.478 e. The zero-order chi connectivity index (χ0) is 16.4. The summed E-state index contributed by atoms with van der Waals surface area (Å²) in [5.74, 6) is -2.03. The van der Waals surface area contributed by atoms with Gasteiger partial charge in [-0.3, -0.25) is 4.79 Å². The molecule has 0 heterocycles. The number of carbonyl (C=O) groups is 2. The van der Waals surface area contributed by atoms with Crippen LogP contribution in [0.15, 0.2) is 27.6 Å². The van der Waals surface area contributed by atoms with Gasteiger partial charge in [-0.1, -0.05) is 15.9 Å². The van der Waals surface area contributed by atoms with Crippen LogP contribution in [0.4, 0.5) is 0 Å². The van der Waals surface area contributed by atoms with Crippen molar-refractivity contribution >= 4 is 37.6 Å². The minimum atomic E-state index is -4.10. The maximum Gasteiger partial charge on any atom is 0.337 e. The van der Waals surface area contributed by atoms with E-state index in [-0.39, 0.29) is 16.5 Å². The van der Waals surface area contributed by atoms with Crippen LogP contribution in [0, 0.1) is 0 Å². The molecule has 0 saturated heterocycles. The van der Waals surface area contributed by atoms with Crippen molar-refractivity contribution in [2.45, 2.75) is 37.0 Å². The number of benzene rings is 1. The molecule has 0 spiro atoms. The number of sulfone groups is 1. The average Bonchev–Trinajstić information content (AvgIpc) is 2.36. The number of amides is 1. The van der Waals surface area contributed by atoms with Crippen LogP contribution < -0.4 is 5.32 Å². The fourth-order valence-electron chi connectivity index (χ4n) is 1.64. The molecular weight excluding hydrogens is 362 g/mol. The summed E-state index contributed by atoms with van der Waals surface area (Å²) in [6.07, 6.45) is 0. The summed E-state index contributed by atoms with van der Waals surface area (Å²) in [6, 6.07) is 3.60. The van der Waals surface area contributed by atoms with E-state index in [1.807, 2.05) is 0 Å². The van der Waals surface area contributed by atoms with E-state index in [4.69, 9.17) is 5.11 Å². The van der Waals surface area contributed by atoms with Gasteiger partial charge in [-0.15, -0.1) is 0 Å². The fraction of sp³-hybridized carbons (Fsp3) is 0.385. The Hall–Kier alpha value is -1.41. The number of hydrogen-bond acceptors (Lipinski definition) is 4. The van der Waals surface area contributed by atoms with Gasteiger partial charge in [-0.05, 0) is 39.0 Å². The first kappa shape index (κ1) is 17.6. The molecular formula is C13H16BrNO5S. The molecule has 0 aliphatic heterocycles. The lowest BCUT2D eigenvalue weighted by atomic mass is 10.2. The van der Waals surface area contributed by atoms with Crippen LogP contribution in [-0.4, -0.2) is 36.7 Å². The van der Waals surface area contributed by atoms with E-state index in [9.17, 15) is 18.0 Å². The van der Waals surface area contributed by atoms with Crippen molar-refractivity contribution in [1.82, 2.24) is 5.32 Å². The fourth-order valence-corrected chi connectivity index (χ4v) is 3.64. The van der Waals surface area contributed by atoms with E-state index in [0.717, 1.165) is 0 Å². The summed E-state index contributed by atoms with van der Waals surface area (Å²) >= 11 is 3.11. The van der Waals surface area contributed by atoms with E-state index >= 15 is 0 Å². The Bertz CT molecular complexity index is 669. The summed E-state index contributed by atoms with van der Waals surface area (Å²) in [5, 5.41) is 10.2. The van der Waals surface area contributed by atoms with Gasteiger partial charge in [0.05, 0.1) is 10.5 Å². The number of nitrogens with one attached hydrogen (secondary N) is 1. The predicted molar refractivity (Wildman–Crippen MR) is 81.0 cm³/mol. The SMILES string of the molecule is CC(C)NC(=O)C(C)S(=O)(=O)c1cc(Br)ccc1C(=O)O. The molecule has 2 N–H and O–H groups in total. The lowest BCUT2D eigenvalue weighted by Crippen LogP contribution is -2.41. The Morgan fingerprint density at radius 1 is 1.24 bits per heavy atom. The molecule has 1 aromatic rings. The van der Waals surface area contributed by atoms with Gasteiger partial charge in [-0.25, -0.2) is 13.2 Å². The number of aromatic carboxylic acids is 1. The van der Waals surface area contributed by atoms with Gasteiger partial charge in [0.2, 0.25) is 5.91 Å². The highest BCUT2D eigenvalue weighted by molar-refractivity contribution is 9.10. The molecule has 0 radical (unpaired) electrons. The van der Waals surface area contributed by atoms with Crippen LogP contribution in [0.2, 0.25) is 0 Å². The standard InChI is InChI=1S/C13H16BrNO5S/c1-7(2)15-12(16)8(3)21(19,20)11-6-9(14)4-5-10(11)13(17)18/h4-8H,1-3H3,(H,15,16)(H,17,18). The van der Waals surface area contributed by atoms with Crippen LogP contribution in [0.1, 0.15) is 31.1 Å². The molecule has 1 rings (SSSR count). The maximum atomic E-state index is 12.5. The van der Waals surface area contributed by atoms with Crippen LogP contribution in [-0.2, 0) is 14.6 Å². The Balaban J connectivity index is 3.34. The molecule has 8 heteroatoms. The third kappa shape index (κ3) is 4.04. The molecule has 0 bridgehead atoms. The van der Waals surface area contributed by atoms with E-state index < -0.39 is 27.0 Å². The molecule has 1 unspecified atom stereocenters. The smallest absolute Gasteiger partial charge is 0.337 e. The van der Waals surface area contributed by atoms with Gasteiger partial charge < -0.3 is 10.4 Å². The topological polar surface area (TPSA) is 101 Å². The number of carbonyl (C=O) groups excluding carboxylic acids is 1. The van der Waals surface area contributed by atoms with E-state index in [1.165, 1.54) is 25.1 Å². The number of hydrogen-bond donors (Lipinski definition) is 2. The summed E-state index contributed by atoms with van der Waals surface area (Å²) in [4.78, 5) is 22.7. The summed E-state index contributed by atoms with van der Waals surface area (Å²) < 4.78 is 25.4. The maximum absolute atomic E-state index is 12.5. The first-order valence-corrected chi connectivity index (χ1v) is 8.48. The van der Waals surface area contributed by atoms with Crippen LogP contribution in [0.5, 0.6) is 0 Å². The molecule has 21 heavy (non-hydrogen) atoms. The summed E-state index contributed by atoms with van der Waals surface area (Å²) in [6.45, 7) is 4.65. The normalized spacial score (nSPS) is 13.0. The zero-order valence-corrected chi connectivity index (χ0v) is 14.2. The number of carboxylic acid groups (broad SMARTS) is 1. The van der Waals surface area contributed by atoms with E-state index in [2.05, 4.69) is 21.2 Å². The average molecular weight is 378 g/mol. The quantitative estimate of drug-likeness (QED) is 0.814. The first-order valence-electron chi connectivity index (χ1n) is 6.14. The molecule has 1 aromatic carbocycles. The molecule has 0 aliphatic carbocycles. The van der Waals surface area contributed by atoms with Crippen molar-refractivity contribution in [3.05, 3.63) is 28.2 Å². The summed E-state index contributed by atoms with van der Waals surface area (Å²) in [7, 11) is -4.10. The molecule has 116 valence electrons. The highest BCUT2D eigenvalue weighted by atomic mass is 79.9. The number of carboxylic acids is 1. The highest BCUT2D eigenvalue weighted by Gasteiger charge is 2.33. The highest BCUT2D eigenvalue weighted by Crippen LogP contribution is 2.25. The van der Waals surface area contributed by atoms with Crippen molar-refractivity contribution in [2.75, 3.05) is 0 Å². The Morgan fingerprint density at radius 3 is 2.29 bits per heavy atom. The minimum Gasteiger partial charge on any atom is -0.478 e. The number of rotatable bonds is 5.